The van der Waals surface area contributed by atoms with Crippen molar-refractivity contribution < 1.29 is 9.18 Å². The zero-order chi connectivity index (χ0) is 28.4. The first kappa shape index (κ1) is 27.6. The molecule has 5 aromatic rings. The molecule has 0 amide bonds. The van der Waals surface area contributed by atoms with Crippen LogP contribution < -0.4 is 0 Å². The van der Waals surface area contributed by atoms with E-state index in [0.29, 0.717) is 18.0 Å². The number of aryl methyl sites for hydroxylation is 3. The number of nitrogens with zero attached hydrogens (tertiary/aromatic N) is 2. The summed E-state index contributed by atoms with van der Waals surface area (Å²) in [5.74, 6) is 1.46. The van der Waals surface area contributed by atoms with Crippen molar-refractivity contribution in [1.29, 1.82) is 0 Å². The Balaban J connectivity index is 1.33. The molecule has 0 aliphatic heterocycles. The number of fused-ring (bicyclic) bond motifs is 1. The van der Waals surface area contributed by atoms with Crippen molar-refractivity contribution in [2.75, 3.05) is 0 Å². The van der Waals surface area contributed by atoms with Gasteiger partial charge in [0.15, 0.2) is 5.78 Å². The Morgan fingerprint density at radius 3 is 2.40 bits per heavy atom. The number of aromatic nitrogens is 3. The Bertz CT molecular complexity index is 1640. The molecule has 0 saturated heterocycles. The van der Waals surface area contributed by atoms with E-state index in [2.05, 4.69) is 67.1 Å². The summed E-state index contributed by atoms with van der Waals surface area (Å²) >= 11 is 0. The third-order valence-electron chi connectivity index (χ3n) is 8.20. The quantitative estimate of drug-likeness (QED) is 0.182. The zero-order valence-electron chi connectivity index (χ0n) is 24.1. The first-order chi connectivity index (χ1) is 19.2. The molecule has 3 aromatic carbocycles. The van der Waals surface area contributed by atoms with Crippen LogP contribution in [0.25, 0.3) is 33.3 Å². The van der Waals surface area contributed by atoms with Crippen LogP contribution in [0, 0.1) is 31.5 Å². The number of hydrogen-bond donors (Lipinski definition) is 1. The van der Waals surface area contributed by atoms with E-state index in [1.54, 1.807) is 12.1 Å². The van der Waals surface area contributed by atoms with Crippen LogP contribution in [0.1, 0.15) is 60.5 Å². The van der Waals surface area contributed by atoms with E-state index in [-0.39, 0.29) is 17.5 Å². The van der Waals surface area contributed by atoms with E-state index >= 15 is 0 Å². The van der Waals surface area contributed by atoms with Crippen molar-refractivity contribution in [3.63, 3.8) is 0 Å². The number of imidazole rings is 1. The molecule has 40 heavy (non-hydrogen) atoms. The number of Topliss-reactive ketones (excluding diaryl/α,β-unsaturated/α-hetero) is 1. The normalized spacial score (nSPS) is 13.1. The summed E-state index contributed by atoms with van der Waals surface area (Å²) in [4.78, 5) is 21.4. The van der Waals surface area contributed by atoms with Gasteiger partial charge in [0.25, 0.3) is 0 Å². The minimum absolute atomic E-state index is 0.162. The second-order valence-corrected chi connectivity index (χ2v) is 11.3. The maximum absolute atomic E-state index is 13.5. The minimum atomic E-state index is -0.262. The molecule has 0 aliphatic rings. The maximum Gasteiger partial charge on any atom is 0.179 e. The lowest BCUT2D eigenvalue weighted by atomic mass is 9.80. The molecular weight excluding hydrogens is 497 g/mol. The van der Waals surface area contributed by atoms with Crippen LogP contribution in [-0.2, 0) is 13.5 Å². The summed E-state index contributed by atoms with van der Waals surface area (Å²) in [6.07, 6.45) is 5.45. The zero-order valence-corrected chi connectivity index (χ0v) is 24.1. The summed E-state index contributed by atoms with van der Waals surface area (Å²) in [7, 11) is 1.91. The van der Waals surface area contributed by atoms with Gasteiger partial charge in [-0.05, 0) is 90.3 Å². The topological polar surface area (TPSA) is 50.7 Å². The average Bonchev–Trinajstić information content (AvgIpc) is 3.51. The van der Waals surface area contributed by atoms with Crippen molar-refractivity contribution in [2.24, 2.45) is 18.9 Å². The van der Waals surface area contributed by atoms with Crippen LogP contribution in [0.4, 0.5) is 4.39 Å². The Kier molecular flexibility index (Phi) is 8.02. The number of halogens is 1. The van der Waals surface area contributed by atoms with Crippen LogP contribution in [0.15, 0.2) is 72.9 Å². The van der Waals surface area contributed by atoms with Crippen LogP contribution in [0.2, 0.25) is 0 Å². The van der Waals surface area contributed by atoms with Crippen molar-refractivity contribution in [2.45, 2.75) is 53.4 Å². The molecule has 2 unspecified atom stereocenters. The SMILES string of the molecule is CCCC(CC(=O)c1cc(-c2ccc(F)cc2)cn1C)C(C)Cc1cc(-c2ccc3nc(C)[nH]c3c2)ccc1C. The van der Waals surface area contributed by atoms with Gasteiger partial charge in [-0.2, -0.15) is 0 Å². The highest BCUT2D eigenvalue weighted by Crippen LogP contribution is 2.31. The maximum atomic E-state index is 13.5. The molecule has 0 fully saturated rings. The number of carbonyl (C=O) groups excluding carboxylic acids is 1. The predicted octanol–water partition coefficient (Wildman–Crippen LogP) is 8.86. The van der Waals surface area contributed by atoms with Crippen molar-refractivity contribution in [3.8, 4) is 22.3 Å². The van der Waals surface area contributed by atoms with E-state index in [1.807, 2.05) is 30.8 Å². The molecule has 2 heterocycles. The number of nitrogens with one attached hydrogen (secondary N) is 1. The number of hydrogen-bond acceptors (Lipinski definition) is 2. The third-order valence-corrected chi connectivity index (χ3v) is 8.20. The highest BCUT2D eigenvalue weighted by Gasteiger charge is 2.23. The highest BCUT2D eigenvalue weighted by atomic mass is 19.1. The standard InChI is InChI=1S/C35H38FN3O/c1-6-7-26(20-35(40)34-19-30(21-39(34)5)25-10-13-31(36)14-11-25)23(3)16-29-17-27(9-8-22(29)2)28-12-15-32-33(18-28)38-24(4)37-32/h8-15,17-19,21,23,26H,6-7,16,20H2,1-5H3,(H,37,38). The lowest BCUT2D eigenvalue weighted by Gasteiger charge is -2.24. The smallest absolute Gasteiger partial charge is 0.179 e. The molecule has 0 radical (unpaired) electrons. The number of rotatable bonds is 10. The molecule has 2 aromatic heterocycles. The number of aromatic amines is 1. The first-order valence-corrected chi connectivity index (χ1v) is 14.2. The van der Waals surface area contributed by atoms with Gasteiger partial charge < -0.3 is 9.55 Å². The van der Waals surface area contributed by atoms with E-state index in [1.165, 1.54) is 34.4 Å². The third kappa shape index (κ3) is 5.94. The van der Waals surface area contributed by atoms with Crippen molar-refractivity contribution in [1.82, 2.24) is 14.5 Å². The van der Waals surface area contributed by atoms with E-state index in [0.717, 1.165) is 47.2 Å². The molecule has 5 heteroatoms. The number of H-pyrrole nitrogens is 1. The molecule has 0 bridgehead atoms. The van der Waals surface area contributed by atoms with Crippen molar-refractivity contribution in [3.05, 3.63) is 101 Å². The van der Waals surface area contributed by atoms with Crippen LogP contribution in [-0.4, -0.2) is 20.3 Å². The second-order valence-electron chi connectivity index (χ2n) is 11.3. The molecular formula is C35H38FN3O. The summed E-state index contributed by atoms with van der Waals surface area (Å²) in [5.41, 5.74) is 9.56. The van der Waals surface area contributed by atoms with Gasteiger partial charge in [-0.15, -0.1) is 0 Å². The van der Waals surface area contributed by atoms with Gasteiger partial charge in [0.2, 0.25) is 0 Å². The average molecular weight is 536 g/mol. The molecule has 2 atom stereocenters. The first-order valence-electron chi connectivity index (χ1n) is 14.2. The number of benzene rings is 3. The second kappa shape index (κ2) is 11.6. The van der Waals surface area contributed by atoms with Gasteiger partial charge in [0, 0.05) is 25.2 Å². The van der Waals surface area contributed by atoms with E-state index in [4.69, 9.17) is 0 Å². The molecule has 0 aliphatic carbocycles. The molecule has 1 N–H and O–H groups in total. The Labute approximate surface area is 236 Å². The summed E-state index contributed by atoms with van der Waals surface area (Å²) in [6, 6.07) is 21.5. The van der Waals surface area contributed by atoms with E-state index < -0.39 is 0 Å². The fourth-order valence-corrected chi connectivity index (χ4v) is 5.84. The largest absolute Gasteiger partial charge is 0.348 e. The van der Waals surface area contributed by atoms with Gasteiger partial charge in [-0.3, -0.25) is 4.79 Å². The molecule has 206 valence electrons. The Hall–Kier alpha value is -3.99. The molecule has 4 nitrogen and oxygen atoms in total. The molecule has 5 rings (SSSR count). The fourth-order valence-electron chi connectivity index (χ4n) is 5.84. The number of ketones is 1. The monoisotopic (exact) mass is 535 g/mol. The summed E-state index contributed by atoms with van der Waals surface area (Å²) in [5, 5.41) is 0. The Morgan fingerprint density at radius 1 is 0.950 bits per heavy atom. The highest BCUT2D eigenvalue weighted by molar-refractivity contribution is 5.96. The lowest BCUT2D eigenvalue weighted by molar-refractivity contribution is 0.0933. The number of carbonyl (C=O) groups is 1. The van der Waals surface area contributed by atoms with Gasteiger partial charge in [0.05, 0.1) is 16.7 Å². The van der Waals surface area contributed by atoms with Crippen LogP contribution in [0.3, 0.4) is 0 Å². The van der Waals surface area contributed by atoms with Crippen molar-refractivity contribution >= 4 is 16.8 Å². The van der Waals surface area contributed by atoms with E-state index in [9.17, 15) is 9.18 Å². The minimum Gasteiger partial charge on any atom is -0.348 e. The summed E-state index contributed by atoms with van der Waals surface area (Å²) < 4.78 is 15.3. The van der Waals surface area contributed by atoms with Gasteiger partial charge in [-0.25, -0.2) is 9.37 Å². The van der Waals surface area contributed by atoms with Gasteiger partial charge in [0.1, 0.15) is 11.6 Å². The lowest BCUT2D eigenvalue weighted by Crippen LogP contribution is -2.20. The van der Waals surface area contributed by atoms with Crippen LogP contribution in [0.5, 0.6) is 0 Å². The summed E-state index contributed by atoms with van der Waals surface area (Å²) in [6.45, 7) is 8.63. The molecule has 0 saturated carbocycles. The predicted molar refractivity (Wildman–Crippen MR) is 162 cm³/mol. The fraction of sp³-hybridized carbons (Fsp3) is 0.314. The van der Waals surface area contributed by atoms with Crippen LogP contribution >= 0.6 is 0 Å². The Morgan fingerprint density at radius 2 is 1.65 bits per heavy atom. The molecule has 0 spiro atoms. The van der Waals surface area contributed by atoms with Gasteiger partial charge in [-0.1, -0.05) is 63.1 Å². The van der Waals surface area contributed by atoms with Gasteiger partial charge >= 0.3 is 0 Å².